The van der Waals surface area contributed by atoms with E-state index in [4.69, 9.17) is 0 Å². The van der Waals surface area contributed by atoms with Gasteiger partial charge in [-0.3, -0.25) is 4.79 Å². The molecule has 0 heterocycles. The molecule has 25 heavy (non-hydrogen) atoms. The lowest BCUT2D eigenvalue weighted by Crippen LogP contribution is -2.16. The SMILES string of the molecule is CCCCCCCCCCCCc1ccc(C(=O)CCN(C)C)cc1. The third kappa shape index (κ3) is 11.1. The van der Waals surface area contributed by atoms with Gasteiger partial charge in [-0.15, -0.1) is 0 Å². The Morgan fingerprint density at radius 2 is 1.32 bits per heavy atom. The lowest BCUT2D eigenvalue weighted by atomic mass is 10.0. The Bertz CT molecular complexity index is 450. The van der Waals surface area contributed by atoms with Crippen molar-refractivity contribution in [2.75, 3.05) is 20.6 Å². The molecule has 0 amide bonds. The van der Waals surface area contributed by atoms with Crippen molar-refractivity contribution in [2.45, 2.75) is 84.0 Å². The van der Waals surface area contributed by atoms with Crippen LogP contribution in [0.15, 0.2) is 24.3 Å². The van der Waals surface area contributed by atoms with Gasteiger partial charge in [0.1, 0.15) is 0 Å². The number of carbonyl (C=O) groups is 1. The van der Waals surface area contributed by atoms with Crippen molar-refractivity contribution in [3.05, 3.63) is 35.4 Å². The molecule has 0 aliphatic carbocycles. The summed E-state index contributed by atoms with van der Waals surface area (Å²) in [5, 5.41) is 0. The predicted octanol–water partition coefficient (Wildman–Crippen LogP) is 6.28. The van der Waals surface area contributed by atoms with E-state index in [0.29, 0.717) is 6.42 Å². The molecule has 0 fully saturated rings. The van der Waals surface area contributed by atoms with Gasteiger partial charge in [0.25, 0.3) is 0 Å². The van der Waals surface area contributed by atoms with Crippen molar-refractivity contribution in [1.82, 2.24) is 4.90 Å². The number of rotatable bonds is 15. The average Bonchev–Trinajstić information content (AvgIpc) is 2.61. The first-order chi connectivity index (χ1) is 12.1. The summed E-state index contributed by atoms with van der Waals surface area (Å²) in [6.07, 6.45) is 15.5. The number of unbranched alkanes of at least 4 members (excludes halogenated alkanes) is 9. The van der Waals surface area contributed by atoms with E-state index in [0.717, 1.165) is 18.5 Å². The highest BCUT2D eigenvalue weighted by Crippen LogP contribution is 2.13. The number of Topliss-reactive ketones (excluding diaryl/α,β-unsaturated/α-hetero) is 1. The first-order valence-corrected chi connectivity index (χ1v) is 10.4. The van der Waals surface area contributed by atoms with Crippen molar-refractivity contribution in [1.29, 1.82) is 0 Å². The highest BCUT2D eigenvalue weighted by Gasteiger charge is 2.06. The van der Waals surface area contributed by atoms with Crippen LogP contribution in [0.2, 0.25) is 0 Å². The van der Waals surface area contributed by atoms with Crippen LogP contribution < -0.4 is 0 Å². The Kier molecular flexibility index (Phi) is 12.3. The Hall–Kier alpha value is -1.15. The monoisotopic (exact) mass is 345 g/mol. The van der Waals surface area contributed by atoms with E-state index in [9.17, 15) is 4.79 Å². The standard InChI is InChI=1S/C23H39NO/c1-4-5-6-7-8-9-10-11-12-13-14-21-15-17-22(18-16-21)23(25)19-20-24(2)3/h15-18H,4-14,19-20H2,1-3H3. The summed E-state index contributed by atoms with van der Waals surface area (Å²) in [4.78, 5) is 14.1. The Balaban J connectivity index is 2.08. The second-order valence-electron chi connectivity index (χ2n) is 7.61. The zero-order chi connectivity index (χ0) is 18.3. The maximum atomic E-state index is 12.1. The van der Waals surface area contributed by atoms with Crippen molar-refractivity contribution in [3.8, 4) is 0 Å². The minimum absolute atomic E-state index is 0.249. The molecule has 2 heteroatoms. The minimum atomic E-state index is 0.249. The van der Waals surface area contributed by atoms with Gasteiger partial charge in [0, 0.05) is 18.5 Å². The van der Waals surface area contributed by atoms with Gasteiger partial charge in [0.15, 0.2) is 5.78 Å². The molecule has 2 nitrogen and oxygen atoms in total. The second kappa shape index (κ2) is 14.1. The molecule has 0 unspecified atom stereocenters. The number of aryl methyl sites for hydroxylation is 1. The molecule has 0 saturated heterocycles. The normalized spacial score (nSPS) is 11.2. The first kappa shape index (κ1) is 21.9. The van der Waals surface area contributed by atoms with E-state index in [2.05, 4.69) is 24.0 Å². The van der Waals surface area contributed by atoms with E-state index in [1.165, 1.54) is 69.8 Å². The summed E-state index contributed by atoms with van der Waals surface area (Å²) in [7, 11) is 4.01. The van der Waals surface area contributed by atoms with Gasteiger partial charge in [-0.05, 0) is 32.5 Å². The number of benzene rings is 1. The number of nitrogens with zero attached hydrogens (tertiary/aromatic N) is 1. The average molecular weight is 346 g/mol. The largest absolute Gasteiger partial charge is 0.309 e. The summed E-state index contributed by atoms with van der Waals surface area (Å²) in [5.74, 6) is 0.249. The molecule has 0 radical (unpaired) electrons. The van der Waals surface area contributed by atoms with Crippen molar-refractivity contribution >= 4 is 5.78 Å². The maximum absolute atomic E-state index is 12.1. The third-order valence-electron chi connectivity index (χ3n) is 4.88. The van der Waals surface area contributed by atoms with Gasteiger partial charge in [-0.2, -0.15) is 0 Å². The van der Waals surface area contributed by atoms with Gasteiger partial charge in [0.05, 0.1) is 0 Å². The van der Waals surface area contributed by atoms with Crippen LogP contribution in [0.5, 0.6) is 0 Å². The van der Waals surface area contributed by atoms with E-state index in [1.54, 1.807) is 0 Å². The molecule has 0 spiro atoms. The summed E-state index contributed by atoms with van der Waals surface area (Å²) in [5.41, 5.74) is 2.22. The zero-order valence-corrected chi connectivity index (χ0v) is 16.9. The van der Waals surface area contributed by atoms with Crippen LogP contribution in [-0.4, -0.2) is 31.3 Å². The molecule has 0 aliphatic rings. The number of hydrogen-bond donors (Lipinski definition) is 0. The molecule has 0 aromatic heterocycles. The Labute approximate surface area is 156 Å². The Morgan fingerprint density at radius 1 is 0.800 bits per heavy atom. The molecule has 1 aromatic rings. The fourth-order valence-corrected chi connectivity index (χ4v) is 3.14. The number of ketones is 1. The van der Waals surface area contributed by atoms with Gasteiger partial charge in [0.2, 0.25) is 0 Å². The van der Waals surface area contributed by atoms with Gasteiger partial charge >= 0.3 is 0 Å². The third-order valence-corrected chi connectivity index (χ3v) is 4.88. The van der Waals surface area contributed by atoms with Gasteiger partial charge in [-0.25, -0.2) is 0 Å². The topological polar surface area (TPSA) is 20.3 Å². The smallest absolute Gasteiger partial charge is 0.164 e. The second-order valence-corrected chi connectivity index (χ2v) is 7.61. The number of carbonyl (C=O) groups excluding carboxylic acids is 1. The lowest BCUT2D eigenvalue weighted by molar-refractivity contribution is 0.0972. The summed E-state index contributed by atoms with van der Waals surface area (Å²) in [6.45, 7) is 3.09. The molecule has 1 rings (SSSR count). The van der Waals surface area contributed by atoms with Gasteiger partial charge < -0.3 is 4.90 Å². The van der Waals surface area contributed by atoms with Crippen molar-refractivity contribution in [3.63, 3.8) is 0 Å². The van der Waals surface area contributed by atoms with Gasteiger partial charge in [-0.1, -0.05) is 89.0 Å². The highest BCUT2D eigenvalue weighted by molar-refractivity contribution is 5.96. The molecular formula is C23H39NO. The molecule has 0 N–H and O–H groups in total. The van der Waals surface area contributed by atoms with Crippen molar-refractivity contribution in [2.24, 2.45) is 0 Å². The van der Waals surface area contributed by atoms with E-state index < -0.39 is 0 Å². The molecule has 1 aromatic carbocycles. The first-order valence-electron chi connectivity index (χ1n) is 10.4. The zero-order valence-electron chi connectivity index (χ0n) is 16.9. The molecule has 0 saturated carbocycles. The van der Waals surface area contributed by atoms with Crippen LogP contribution in [0.3, 0.4) is 0 Å². The highest BCUT2D eigenvalue weighted by atomic mass is 16.1. The fraction of sp³-hybridized carbons (Fsp3) is 0.696. The van der Waals surface area contributed by atoms with Crippen LogP contribution >= 0.6 is 0 Å². The number of hydrogen-bond acceptors (Lipinski definition) is 2. The fourth-order valence-electron chi connectivity index (χ4n) is 3.14. The van der Waals surface area contributed by atoms with Crippen LogP contribution in [0.25, 0.3) is 0 Å². The molecule has 142 valence electrons. The quantitative estimate of drug-likeness (QED) is 0.275. The molecule has 0 aliphatic heterocycles. The van der Waals surface area contributed by atoms with E-state index in [1.807, 2.05) is 26.2 Å². The van der Waals surface area contributed by atoms with Crippen LogP contribution in [0.4, 0.5) is 0 Å². The van der Waals surface area contributed by atoms with Crippen molar-refractivity contribution < 1.29 is 4.79 Å². The van der Waals surface area contributed by atoms with E-state index >= 15 is 0 Å². The van der Waals surface area contributed by atoms with Crippen LogP contribution in [0, 0.1) is 0 Å². The van der Waals surface area contributed by atoms with Crippen LogP contribution in [0.1, 0.15) is 93.5 Å². The predicted molar refractivity (Wildman–Crippen MR) is 109 cm³/mol. The molecular weight excluding hydrogens is 306 g/mol. The summed E-state index contributed by atoms with van der Waals surface area (Å²) >= 11 is 0. The lowest BCUT2D eigenvalue weighted by Gasteiger charge is -2.08. The maximum Gasteiger partial charge on any atom is 0.164 e. The van der Waals surface area contributed by atoms with Crippen LogP contribution in [-0.2, 0) is 6.42 Å². The summed E-state index contributed by atoms with van der Waals surface area (Å²) in [6, 6.07) is 8.28. The molecule has 0 atom stereocenters. The molecule has 0 bridgehead atoms. The Morgan fingerprint density at radius 3 is 1.84 bits per heavy atom. The van der Waals surface area contributed by atoms with E-state index in [-0.39, 0.29) is 5.78 Å². The minimum Gasteiger partial charge on any atom is -0.309 e. The summed E-state index contributed by atoms with van der Waals surface area (Å²) < 4.78 is 0.